The first-order chi connectivity index (χ1) is 9.87. The van der Waals surface area contributed by atoms with Gasteiger partial charge in [-0.1, -0.05) is 39.0 Å². The molecular weight excluding hydrogens is 260 g/mol. The smallest absolute Gasteiger partial charge is 0.0487 e. The molecule has 0 fully saturated rings. The Morgan fingerprint density at radius 3 is 2.19 bits per heavy atom. The summed E-state index contributed by atoms with van der Waals surface area (Å²) < 4.78 is 5.34. The predicted molar refractivity (Wildman–Crippen MR) is 93.5 cm³/mol. The lowest BCUT2D eigenvalue weighted by molar-refractivity contribution is 0.137. The summed E-state index contributed by atoms with van der Waals surface area (Å²) in [5, 5.41) is 0. The Bertz CT molecular complexity index is 334. The second-order valence-corrected chi connectivity index (χ2v) is 6.53. The van der Waals surface area contributed by atoms with E-state index in [0.717, 1.165) is 37.7 Å². The Hall–Kier alpha value is -1.06. The van der Waals surface area contributed by atoms with Gasteiger partial charge < -0.3 is 10.2 Å². The number of para-hydroxylation sites is 1. The molecule has 0 aromatic heterocycles. The topological polar surface area (TPSA) is 33.3 Å². The molecule has 0 radical (unpaired) electrons. The quantitative estimate of drug-likeness (QED) is 0.530. The van der Waals surface area contributed by atoms with Crippen LogP contribution < -0.4 is 10.9 Å². The number of ether oxygens (including phenoxy) is 1. The first-order valence-corrected chi connectivity index (χ1v) is 8.03. The van der Waals surface area contributed by atoms with Crippen LogP contribution in [0.15, 0.2) is 30.3 Å². The van der Waals surface area contributed by atoms with Gasteiger partial charge in [0.1, 0.15) is 0 Å². The lowest BCUT2D eigenvalue weighted by Crippen LogP contribution is -2.43. The fourth-order valence-electron chi connectivity index (χ4n) is 1.59. The van der Waals surface area contributed by atoms with Crippen LogP contribution >= 0.6 is 0 Å². The first-order valence-electron chi connectivity index (χ1n) is 8.03. The zero-order valence-corrected chi connectivity index (χ0v) is 14.7. The van der Waals surface area contributed by atoms with Crippen molar-refractivity contribution in [3.8, 4) is 0 Å². The molecule has 1 aromatic carbocycles. The van der Waals surface area contributed by atoms with Crippen LogP contribution in [0, 0.1) is 5.92 Å². The molecule has 21 heavy (non-hydrogen) atoms. The predicted octanol–water partition coefficient (Wildman–Crippen LogP) is 4.86. The normalized spacial score (nSPS) is 11.0. The minimum Gasteiger partial charge on any atom is -0.382 e. The molecule has 3 nitrogen and oxygen atoms in total. The van der Waals surface area contributed by atoms with Gasteiger partial charge in [-0.05, 0) is 51.7 Å². The molecule has 0 bridgehead atoms. The van der Waals surface area contributed by atoms with Gasteiger partial charge in [0.05, 0.1) is 0 Å². The number of rotatable bonds is 8. The molecule has 0 saturated carbocycles. The highest BCUT2D eigenvalue weighted by Crippen LogP contribution is 2.12. The minimum absolute atomic E-state index is 0.0624. The number of hydrogen-bond donors (Lipinski definition) is 2. The summed E-state index contributed by atoms with van der Waals surface area (Å²) in [7, 11) is 0. The van der Waals surface area contributed by atoms with Crippen LogP contribution in [0.25, 0.3) is 0 Å². The maximum absolute atomic E-state index is 5.34. The molecule has 1 aromatic rings. The molecule has 0 heterocycles. The Morgan fingerprint density at radius 1 is 1.10 bits per heavy atom. The van der Waals surface area contributed by atoms with Crippen LogP contribution in [-0.4, -0.2) is 18.8 Å². The molecular formula is C18H34N2O. The van der Waals surface area contributed by atoms with E-state index in [2.05, 4.69) is 45.5 Å². The summed E-state index contributed by atoms with van der Waals surface area (Å²) >= 11 is 0. The van der Waals surface area contributed by atoms with Gasteiger partial charge in [-0.25, -0.2) is 5.43 Å². The standard InChI is InChI=1S/C14H24N2O.C4H10/c1-4-17-12-8-11-14(2,3)16-15-13-9-6-5-7-10-13;1-4(2)3/h5-7,9-10,15-16H,4,8,11-12H2,1-3H3;4H,1-3H3. The van der Waals surface area contributed by atoms with E-state index in [0.29, 0.717) is 0 Å². The average Bonchev–Trinajstić information content (AvgIpc) is 2.42. The highest BCUT2D eigenvalue weighted by Gasteiger charge is 2.16. The summed E-state index contributed by atoms with van der Waals surface area (Å²) in [5.74, 6) is 0.833. The van der Waals surface area contributed by atoms with E-state index in [1.165, 1.54) is 0 Å². The van der Waals surface area contributed by atoms with E-state index in [1.807, 2.05) is 37.3 Å². The summed E-state index contributed by atoms with van der Waals surface area (Å²) in [6, 6.07) is 10.1. The van der Waals surface area contributed by atoms with Gasteiger partial charge in [0.15, 0.2) is 0 Å². The molecule has 122 valence electrons. The van der Waals surface area contributed by atoms with Crippen molar-refractivity contribution in [3.05, 3.63) is 30.3 Å². The Balaban J connectivity index is 0.000000885. The number of hydrazine groups is 1. The fourth-order valence-corrected chi connectivity index (χ4v) is 1.59. The SMILES string of the molecule is CC(C)C.CCOCCCC(C)(C)NNc1ccccc1. The second-order valence-electron chi connectivity index (χ2n) is 6.53. The van der Waals surface area contributed by atoms with E-state index in [-0.39, 0.29) is 5.54 Å². The van der Waals surface area contributed by atoms with Crippen LogP contribution in [0.2, 0.25) is 0 Å². The van der Waals surface area contributed by atoms with Gasteiger partial charge in [-0.15, -0.1) is 0 Å². The Labute approximate surface area is 131 Å². The molecule has 1 rings (SSSR count). The molecule has 0 aliphatic carbocycles. The van der Waals surface area contributed by atoms with Crippen LogP contribution in [0.1, 0.15) is 54.4 Å². The number of nitrogens with one attached hydrogen (secondary N) is 2. The van der Waals surface area contributed by atoms with Crippen molar-refractivity contribution in [1.29, 1.82) is 0 Å². The van der Waals surface area contributed by atoms with Crippen molar-refractivity contribution in [2.75, 3.05) is 18.6 Å². The summed E-state index contributed by atoms with van der Waals surface area (Å²) in [6.07, 6.45) is 2.15. The van der Waals surface area contributed by atoms with Gasteiger partial charge in [0.2, 0.25) is 0 Å². The third kappa shape index (κ3) is 13.7. The van der Waals surface area contributed by atoms with Gasteiger partial charge >= 0.3 is 0 Å². The fraction of sp³-hybridized carbons (Fsp3) is 0.667. The molecule has 0 saturated heterocycles. The van der Waals surface area contributed by atoms with E-state index < -0.39 is 0 Å². The Kier molecular flexibility index (Phi) is 11.0. The van der Waals surface area contributed by atoms with Crippen LogP contribution in [0.5, 0.6) is 0 Å². The highest BCUT2D eigenvalue weighted by atomic mass is 16.5. The van der Waals surface area contributed by atoms with Crippen molar-refractivity contribution in [2.24, 2.45) is 5.92 Å². The molecule has 0 unspecified atom stereocenters. The van der Waals surface area contributed by atoms with E-state index in [4.69, 9.17) is 4.74 Å². The number of hydrogen-bond acceptors (Lipinski definition) is 3. The van der Waals surface area contributed by atoms with Crippen molar-refractivity contribution >= 4 is 5.69 Å². The zero-order chi connectivity index (χ0) is 16.1. The lowest BCUT2D eigenvalue weighted by atomic mass is 10.00. The third-order valence-corrected chi connectivity index (χ3v) is 2.61. The monoisotopic (exact) mass is 294 g/mol. The lowest BCUT2D eigenvalue weighted by Gasteiger charge is -2.27. The summed E-state index contributed by atoms with van der Waals surface area (Å²) in [4.78, 5) is 0. The van der Waals surface area contributed by atoms with Gasteiger partial charge in [-0.2, -0.15) is 0 Å². The van der Waals surface area contributed by atoms with E-state index >= 15 is 0 Å². The third-order valence-electron chi connectivity index (χ3n) is 2.61. The van der Waals surface area contributed by atoms with Crippen molar-refractivity contribution in [1.82, 2.24) is 5.43 Å². The molecule has 0 aliphatic rings. The molecule has 0 atom stereocenters. The highest BCUT2D eigenvalue weighted by molar-refractivity contribution is 5.41. The zero-order valence-electron chi connectivity index (χ0n) is 14.7. The second kappa shape index (κ2) is 11.6. The molecule has 0 aliphatic heterocycles. The largest absolute Gasteiger partial charge is 0.382 e. The molecule has 0 amide bonds. The average molecular weight is 294 g/mol. The van der Waals surface area contributed by atoms with Gasteiger partial charge in [0.25, 0.3) is 0 Å². The van der Waals surface area contributed by atoms with Gasteiger partial charge in [-0.3, -0.25) is 0 Å². The molecule has 2 N–H and O–H groups in total. The summed E-state index contributed by atoms with van der Waals surface area (Å²) in [5.41, 5.74) is 7.73. The van der Waals surface area contributed by atoms with E-state index in [1.54, 1.807) is 0 Å². The van der Waals surface area contributed by atoms with Crippen LogP contribution in [-0.2, 0) is 4.74 Å². The van der Waals surface area contributed by atoms with Crippen LogP contribution in [0.4, 0.5) is 5.69 Å². The molecule has 3 heteroatoms. The van der Waals surface area contributed by atoms with Crippen molar-refractivity contribution in [3.63, 3.8) is 0 Å². The maximum Gasteiger partial charge on any atom is 0.0487 e. The van der Waals surface area contributed by atoms with E-state index in [9.17, 15) is 0 Å². The molecule has 0 spiro atoms. The summed E-state index contributed by atoms with van der Waals surface area (Å²) in [6.45, 7) is 14.5. The number of anilines is 1. The van der Waals surface area contributed by atoms with Crippen LogP contribution in [0.3, 0.4) is 0 Å². The first kappa shape index (κ1) is 19.9. The Morgan fingerprint density at radius 2 is 1.67 bits per heavy atom. The number of benzene rings is 1. The maximum atomic E-state index is 5.34. The van der Waals surface area contributed by atoms with Gasteiger partial charge in [0, 0.05) is 24.4 Å². The van der Waals surface area contributed by atoms with Crippen molar-refractivity contribution in [2.45, 2.75) is 59.9 Å². The van der Waals surface area contributed by atoms with Crippen molar-refractivity contribution < 1.29 is 4.74 Å². The minimum atomic E-state index is 0.0624.